The summed E-state index contributed by atoms with van der Waals surface area (Å²) < 4.78 is 1.02. The summed E-state index contributed by atoms with van der Waals surface area (Å²) in [6, 6.07) is 12.6. The lowest BCUT2D eigenvalue weighted by atomic mass is 10.2. The molecule has 0 amide bonds. The highest BCUT2D eigenvalue weighted by Gasteiger charge is 2.12. The monoisotopic (exact) mass is 333 g/mol. The molecule has 1 aromatic heterocycles. The van der Waals surface area contributed by atoms with E-state index in [1.165, 1.54) is 11.1 Å². The van der Waals surface area contributed by atoms with Gasteiger partial charge in [0, 0.05) is 35.9 Å². The van der Waals surface area contributed by atoms with Gasteiger partial charge in [0.25, 0.3) is 0 Å². The van der Waals surface area contributed by atoms with Crippen LogP contribution in [0.15, 0.2) is 47.1 Å². The number of hydrogen-bond acceptors (Lipinski definition) is 3. The van der Waals surface area contributed by atoms with Gasteiger partial charge >= 0.3 is 0 Å². The quantitative estimate of drug-likeness (QED) is 0.875. The van der Waals surface area contributed by atoms with Crippen LogP contribution in [0.4, 0.5) is 5.82 Å². The molecule has 20 heavy (non-hydrogen) atoms. The van der Waals surface area contributed by atoms with Crippen LogP contribution in [0.3, 0.4) is 0 Å². The molecule has 0 saturated carbocycles. The molecule has 1 N–H and O–H groups in total. The lowest BCUT2D eigenvalue weighted by Gasteiger charge is -2.24. The van der Waals surface area contributed by atoms with E-state index in [2.05, 4.69) is 68.4 Å². The second-order valence-corrected chi connectivity index (χ2v) is 5.58. The molecular weight excluding hydrogens is 314 g/mol. The Morgan fingerprint density at radius 3 is 2.65 bits per heavy atom. The fourth-order valence-electron chi connectivity index (χ4n) is 2.22. The zero-order chi connectivity index (χ0) is 14.4. The van der Waals surface area contributed by atoms with Crippen LogP contribution in [0.5, 0.6) is 0 Å². The molecule has 0 fully saturated rings. The minimum Gasteiger partial charge on any atom is -0.352 e. The van der Waals surface area contributed by atoms with Crippen molar-refractivity contribution < 1.29 is 0 Å². The third kappa shape index (κ3) is 3.81. The van der Waals surface area contributed by atoms with E-state index in [9.17, 15) is 0 Å². The number of anilines is 1. The van der Waals surface area contributed by atoms with E-state index in [1.807, 2.05) is 19.3 Å². The SMILES string of the molecule is CCN(Cc1ccccc1)c1ncc(Br)cc1CNC. The summed E-state index contributed by atoms with van der Waals surface area (Å²) in [6.45, 7) is 4.78. The molecule has 0 spiro atoms. The minimum absolute atomic E-state index is 0.813. The fraction of sp³-hybridized carbons (Fsp3) is 0.312. The molecule has 0 aliphatic carbocycles. The number of aromatic nitrogens is 1. The van der Waals surface area contributed by atoms with E-state index < -0.39 is 0 Å². The molecule has 3 nitrogen and oxygen atoms in total. The highest BCUT2D eigenvalue weighted by atomic mass is 79.9. The molecule has 2 rings (SSSR count). The standard InChI is InChI=1S/C16H20BrN3/c1-3-20(12-13-7-5-4-6-8-13)16-14(10-18-2)9-15(17)11-19-16/h4-9,11,18H,3,10,12H2,1-2H3. The molecule has 2 aromatic rings. The van der Waals surface area contributed by atoms with E-state index in [4.69, 9.17) is 0 Å². The van der Waals surface area contributed by atoms with Gasteiger partial charge in [-0.25, -0.2) is 4.98 Å². The molecule has 0 radical (unpaired) electrons. The second kappa shape index (κ2) is 7.41. The predicted octanol–water partition coefficient (Wildman–Crippen LogP) is 3.59. The van der Waals surface area contributed by atoms with E-state index in [0.29, 0.717) is 0 Å². The smallest absolute Gasteiger partial charge is 0.133 e. The van der Waals surface area contributed by atoms with Gasteiger partial charge in [-0.15, -0.1) is 0 Å². The fourth-order valence-corrected chi connectivity index (χ4v) is 2.60. The van der Waals surface area contributed by atoms with Crippen LogP contribution in [0.1, 0.15) is 18.1 Å². The first-order valence-electron chi connectivity index (χ1n) is 6.82. The first-order valence-corrected chi connectivity index (χ1v) is 7.61. The van der Waals surface area contributed by atoms with Crippen molar-refractivity contribution in [2.45, 2.75) is 20.0 Å². The lowest BCUT2D eigenvalue weighted by molar-refractivity contribution is 0.769. The summed E-state index contributed by atoms with van der Waals surface area (Å²) in [7, 11) is 1.96. The van der Waals surface area contributed by atoms with Gasteiger partial charge in [0.15, 0.2) is 0 Å². The first-order chi connectivity index (χ1) is 9.74. The van der Waals surface area contributed by atoms with E-state index in [-0.39, 0.29) is 0 Å². The van der Waals surface area contributed by atoms with Crippen molar-refractivity contribution in [3.63, 3.8) is 0 Å². The average molecular weight is 334 g/mol. The van der Waals surface area contributed by atoms with Crippen molar-refractivity contribution in [3.05, 3.63) is 58.2 Å². The third-order valence-corrected chi connectivity index (χ3v) is 3.61. The molecule has 0 bridgehead atoms. The van der Waals surface area contributed by atoms with Crippen LogP contribution >= 0.6 is 15.9 Å². The van der Waals surface area contributed by atoms with Crippen LogP contribution in [-0.4, -0.2) is 18.6 Å². The number of rotatable bonds is 6. The summed E-state index contributed by atoms with van der Waals surface area (Å²) in [5.41, 5.74) is 2.51. The number of nitrogens with one attached hydrogen (secondary N) is 1. The molecule has 0 atom stereocenters. The van der Waals surface area contributed by atoms with Gasteiger partial charge in [-0.2, -0.15) is 0 Å². The van der Waals surface area contributed by atoms with Crippen molar-refractivity contribution in [2.24, 2.45) is 0 Å². The van der Waals surface area contributed by atoms with Gasteiger partial charge in [0.2, 0.25) is 0 Å². The molecule has 4 heteroatoms. The number of nitrogens with zero attached hydrogens (tertiary/aromatic N) is 2. The Kier molecular flexibility index (Phi) is 5.56. The normalized spacial score (nSPS) is 10.6. The summed E-state index contributed by atoms with van der Waals surface area (Å²) in [6.07, 6.45) is 1.86. The van der Waals surface area contributed by atoms with Crippen LogP contribution in [0, 0.1) is 0 Å². The zero-order valence-corrected chi connectivity index (χ0v) is 13.5. The van der Waals surface area contributed by atoms with Crippen molar-refractivity contribution in [1.82, 2.24) is 10.3 Å². The molecule has 106 valence electrons. The Bertz CT molecular complexity index is 543. The van der Waals surface area contributed by atoms with Gasteiger partial charge in [0.1, 0.15) is 5.82 Å². The first kappa shape index (κ1) is 15.0. The van der Waals surface area contributed by atoms with Gasteiger partial charge in [-0.1, -0.05) is 30.3 Å². The van der Waals surface area contributed by atoms with Crippen LogP contribution in [-0.2, 0) is 13.1 Å². The largest absolute Gasteiger partial charge is 0.352 e. The maximum atomic E-state index is 4.60. The third-order valence-electron chi connectivity index (χ3n) is 3.17. The number of pyridine rings is 1. The van der Waals surface area contributed by atoms with Gasteiger partial charge < -0.3 is 10.2 Å². The maximum absolute atomic E-state index is 4.60. The Morgan fingerprint density at radius 2 is 2.00 bits per heavy atom. The van der Waals surface area contributed by atoms with Crippen molar-refractivity contribution >= 4 is 21.7 Å². The van der Waals surface area contributed by atoms with Crippen molar-refractivity contribution in [2.75, 3.05) is 18.5 Å². The summed E-state index contributed by atoms with van der Waals surface area (Å²) in [5.74, 6) is 1.05. The molecule has 1 heterocycles. The molecule has 0 aliphatic rings. The zero-order valence-electron chi connectivity index (χ0n) is 11.9. The Labute approximate surface area is 129 Å². The van der Waals surface area contributed by atoms with Gasteiger partial charge in [-0.05, 0) is 41.5 Å². The summed E-state index contributed by atoms with van der Waals surface area (Å²) in [4.78, 5) is 6.90. The van der Waals surface area contributed by atoms with E-state index >= 15 is 0 Å². The highest BCUT2D eigenvalue weighted by Crippen LogP contribution is 2.23. The van der Waals surface area contributed by atoms with E-state index in [0.717, 1.165) is 29.9 Å². The molecule has 1 aromatic carbocycles. The molecular formula is C16H20BrN3. The summed E-state index contributed by atoms with van der Waals surface area (Å²) in [5, 5.41) is 3.21. The maximum Gasteiger partial charge on any atom is 0.133 e. The van der Waals surface area contributed by atoms with E-state index in [1.54, 1.807) is 0 Å². The summed E-state index contributed by atoms with van der Waals surface area (Å²) >= 11 is 3.50. The number of hydrogen-bond donors (Lipinski definition) is 1. The topological polar surface area (TPSA) is 28.2 Å². The van der Waals surface area contributed by atoms with Gasteiger partial charge in [-0.3, -0.25) is 0 Å². The Morgan fingerprint density at radius 1 is 1.25 bits per heavy atom. The van der Waals surface area contributed by atoms with Crippen LogP contribution in [0.25, 0.3) is 0 Å². The second-order valence-electron chi connectivity index (χ2n) is 4.67. The molecule has 0 saturated heterocycles. The van der Waals surface area contributed by atoms with Gasteiger partial charge in [0.05, 0.1) is 0 Å². The number of halogens is 1. The Hall–Kier alpha value is -1.39. The van der Waals surface area contributed by atoms with Crippen LogP contribution < -0.4 is 10.2 Å². The molecule has 0 aliphatic heterocycles. The predicted molar refractivity (Wildman–Crippen MR) is 87.9 cm³/mol. The van der Waals surface area contributed by atoms with Crippen molar-refractivity contribution in [1.29, 1.82) is 0 Å². The highest BCUT2D eigenvalue weighted by molar-refractivity contribution is 9.10. The Balaban J connectivity index is 2.27. The minimum atomic E-state index is 0.813. The van der Waals surface area contributed by atoms with Crippen LogP contribution in [0.2, 0.25) is 0 Å². The molecule has 0 unspecified atom stereocenters. The number of benzene rings is 1. The van der Waals surface area contributed by atoms with Crippen molar-refractivity contribution in [3.8, 4) is 0 Å². The lowest BCUT2D eigenvalue weighted by Crippen LogP contribution is -2.25. The average Bonchev–Trinajstić information content (AvgIpc) is 2.47.